The monoisotopic (exact) mass is 579 g/mol. The molecule has 3 aromatic rings. The third-order valence-corrected chi connectivity index (χ3v) is 10.2. The maximum atomic E-state index is 13.0. The second-order valence-electron chi connectivity index (χ2n) is 9.70. The second-order valence-corrected chi connectivity index (χ2v) is 12.6. The molecule has 0 radical (unpaired) electrons. The zero-order chi connectivity index (χ0) is 28.7. The van der Waals surface area contributed by atoms with Crippen molar-refractivity contribution in [3.63, 3.8) is 0 Å². The number of nitrogens with one attached hydrogen (secondary N) is 1. The van der Waals surface area contributed by atoms with Crippen molar-refractivity contribution in [3.05, 3.63) is 53.1 Å². The van der Waals surface area contributed by atoms with Crippen molar-refractivity contribution in [1.29, 1.82) is 10.5 Å². The zero-order valence-electron chi connectivity index (χ0n) is 22.8. The summed E-state index contributed by atoms with van der Waals surface area (Å²) in [5.41, 5.74) is 3.90. The van der Waals surface area contributed by atoms with E-state index in [9.17, 15) is 13.2 Å². The van der Waals surface area contributed by atoms with Gasteiger partial charge in [0.2, 0.25) is 10.0 Å². The number of carbonyl (C=O) groups excluding carboxylic acids is 1. The highest BCUT2D eigenvalue weighted by Crippen LogP contribution is 2.33. The molecule has 1 amide bonds. The number of thiazole rings is 1. The van der Waals surface area contributed by atoms with Crippen LogP contribution in [0, 0.1) is 36.5 Å². The summed E-state index contributed by atoms with van der Waals surface area (Å²) in [6.07, 6.45) is 0.0587. The van der Waals surface area contributed by atoms with Crippen molar-refractivity contribution >= 4 is 42.6 Å². The molecule has 40 heavy (non-hydrogen) atoms. The lowest BCUT2D eigenvalue weighted by molar-refractivity contribution is 0.0947. The maximum absolute atomic E-state index is 13.0. The Hall–Kier alpha value is -3.55. The number of rotatable bonds is 11. The Balaban J connectivity index is 1.26. The van der Waals surface area contributed by atoms with Gasteiger partial charge in [-0.1, -0.05) is 23.5 Å². The number of benzene rings is 2. The number of sulfonamides is 1. The second kappa shape index (κ2) is 13.2. The van der Waals surface area contributed by atoms with Crippen LogP contribution in [-0.2, 0) is 10.0 Å². The molecule has 0 atom stereocenters. The molecule has 0 saturated carbocycles. The van der Waals surface area contributed by atoms with Gasteiger partial charge in [-0.3, -0.25) is 9.69 Å². The van der Waals surface area contributed by atoms with Crippen molar-refractivity contribution in [1.82, 2.24) is 19.5 Å². The molecular formula is C28H33N7O3S2. The Morgan fingerprint density at radius 1 is 1.00 bits per heavy atom. The molecule has 10 nitrogen and oxygen atoms in total. The Bertz CT molecular complexity index is 1470. The number of amides is 1. The minimum atomic E-state index is -3.87. The molecule has 0 spiro atoms. The van der Waals surface area contributed by atoms with Gasteiger partial charge in [-0.2, -0.15) is 14.8 Å². The van der Waals surface area contributed by atoms with E-state index < -0.39 is 10.0 Å². The fourth-order valence-electron chi connectivity index (χ4n) is 4.60. The van der Waals surface area contributed by atoms with Gasteiger partial charge in [0.25, 0.3) is 5.91 Å². The summed E-state index contributed by atoms with van der Waals surface area (Å²) in [7, 11) is -3.87. The van der Waals surface area contributed by atoms with Crippen molar-refractivity contribution < 1.29 is 13.2 Å². The summed E-state index contributed by atoms with van der Waals surface area (Å²) in [5.74, 6) is -0.270. The standard InChI is InChI=1S/C28H33N7O3S2/c1-21-5-6-22(2)26-25(21)32-28(39-26)34-19-17-33(18-20-34)16-13-31-27(36)23-7-9-24(10-8-23)40(37,38)35(14-3-11-29)15-4-12-30/h5-10H,3-4,13-20H2,1-2H3,(H,31,36). The van der Waals surface area contributed by atoms with Gasteiger partial charge in [0.1, 0.15) is 0 Å². The van der Waals surface area contributed by atoms with Crippen LogP contribution in [0.3, 0.4) is 0 Å². The number of hydrogen-bond donors (Lipinski definition) is 1. The molecule has 210 valence electrons. The SMILES string of the molecule is Cc1ccc(C)c2sc(N3CCN(CCNC(=O)c4ccc(S(=O)(=O)N(CCC#N)CCC#N)cc4)CC3)nc12. The lowest BCUT2D eigenvalue weighted by Crippen LogP contribution is -2.48. The van der Waals surface area contributed by atoms with Crippen molar-refractivity contribution in [2.45, 2.75) is 31.6 Å². The minimum Gasteiger partial charge on any atom is -0.351 e. The van der Waals surface area contributed by atoms with E-state index in [-0.39, 0.29) is 36.7 Å². The topological polar surface area (TPSA) is 133 Å². The van der Waals surface area contributed by atoms with Gasteiger partial charge in [-0.25, -0.2) is 13.4 Å². The van der Waals surface area contributed by atoms with Gasteiger partial charge >= 0.3 is 0 Å². The van der Waals surface area contributed by atoms with Crippen LogP contribution in [0.15, 0.2) is 41.3 Å². The van der Waals surface area contributed by atoms with Gasteiger partial charge in [0.05, 0.1) is 27.3 Å². The first-order valence-electron chi connectivity index (χ1n) is 13.2. The minimum absolute atomic E-state index is 0.0109. The van der Waals surface area contributed by atoms with Gasteiger partial charge in [0, 0.05) is 70.8 Å². The average Bonchev–Trinajstić information content (AvgIpc) is 3.42. The third-order valence-electron chi connectivity index (χ3n) is 6.99. The first-order chi connectivity index (χ1) is 19.2. The fourth-order valence-corrected chi connectivity index (χ4v) is 7.21. The van der Waals surface area contributed by atoms with E-state index >= 15 is 0 Å². The molecule has 1 N–H and O–H groups in total. The normalized spacial score (nSPS) is 14.3. The highest BCUT2D eigenvalue weighted by Gasteiger charge is 2.24. The molecule has 0 unspecified atom stereocenters. The fraction of sp³-hybridized carbons (Fsp3) is 0.429. The molecule has 1 fully saturated rings. The highest BCUT2D eigenvalue weighted by molar-refractivity contribution is 7.89. The van der Waals surface area contributed by atoms with Crippen LogP contribution in [0.2, 0.25) is 0 Å². The number of hydrogen-bond acceptors (Lipinski definition) is 9. The molecule has 1 aromatic heterocycles. The van der Waals surface area contributed by atoms with E-state index in [0.717, 1.165) is 47.7 Å². The number of nitrogens with zero attached hydrogens (tertiary/aromatic N) is 6. The summed E-state index contributed by atoms with van der Waals surface area (Å²) in [4.78, 5) is 22.2. The number of nitriles is 2. The average molecular weight is 580 g/mol. The molecule has 2 heterocycles. The molecule has 1 aliphatic heterocycles. The zero-order valence-corrected chi connectivity index (χ0v) is 24.4. The van der Waals surface area contributed by atoms with Crippen LogP contribution in [0.5, 0.6) is 0 Å². The lowest BCUT2D eigenvalue weighted by Gasteiger charge is -2.34. The van der Waals surface area contributed by atoms with E-state index in [0.29, 0.717) is 12.1 Å². The summed E-state index contributed by atoms with van der Waals surface area (Å²) in [5, 5.41) is 21.7. The summed E-state index contributed by atoms with van der Waals surface area (Å²) in [6.45, 7) is 8.95. The van der Waals surface area contributed by atoms with E-state index in [1.807, 2.05) is 12.1 Å². The molecular weight excluding hydrogens is 546 g/mol. The van der Waals surface area contributed by atoms with Gasteiger partial charge in [-0.15, -0.1) is 0 Å². The van der Waals surface area contributed by atoms with Gasteiger partial charge < -0.3 is 10.2 Å². The first-order valence-corrected chi connectivity index (χ1v) is 15.5. The quantitative estimate of drug-likeness (QED) is 0.366. The van der Waals surface area contributed by atoms with Crippen LogP contribution in [0.1, 0.15) is 34.3 Å². The number of aromatic nitrogens is 1. The molecule has 4 rings (SSSR count). The summed E-state index contributed by atoms with van der Waals surface area (Å²) in [6, 6.07) is 13.9. The maximum Gasteiger partial charge on any atom is 0.251 e. The molecule has 1 aliphatic rings. The lowest BCUT2D eigenvalue weighted by atomic mass is 10.1. The highest BCUT2D eigenvalue weighted by atomic mass is 32.2. The number of piperazine rings is 1. The summed E-state index contributed by atoms with van der Waals surface area (Å²) >= 11 is 1.75. The number of aryl methyl sites for hydroxylation is 2. The van der Waals surface area contributed by atoms with Gasteiger partial charge in [-0.05, 0) is 49.2 Å². The molecule has 2 aromatic carbocycles. The van der Waals surface area contributed by atoms with E-state index in [1.54, 1.807) is 11.3 Å². The summed E-state index contributed by atoms with van der Waals surface area (Å²) < 4.78 is 28.3. The van der Waals surface area contributed by atoms with Crippen molar-refractivity contribution in [2.24, 2.45) is 0 Å². The van der Waals surface area contributed by atoms with E-state index in [2.05, 4.69) is 41.1 Å². The Morgan fingerprint density at radius 3 is 2.23 bits per heavy atom. The van der Waals surface area contributed by atoms with Crippen LogP contribution in [0.4, 0.5) is 5.13 Å². The number of carbonyl (C=O) groups is 1. The molecule has 0 bridgehead atoms. The van der Waals surface area contributed by atoms with E-state index in [4.69, 9.17) is 15.5 Å². The largest absolute Gasteiger partial charge is 0.351 e. The first kappa shape index (κ1) is 29.4. The number of anilines is 1. The van der Waals surface area contributed by atoms with Crippen LogP contribution in [-0.4, -0.2) is 80.9 Å². The number of fused-ring (bicyclic) bond motifs is 1. The molecule has 1 saturated heterocycles. The van der Waals surface area contributed by atoms with Crippen LogP contribution >= 0.6 is 11.3 Å². The van der Waals surface area contributed by atoms with E-state index in [1.165, 1.54) is 40.1 Å². The molecule has 12 heteroatoms. The predicted molar refractivity (Wildman–Crippen MR) is 156 cm³/mol. The van der Waals surface area contributed by atoms with Crippen molar-refractivity contribution in [3.8, 4) is 12.1 Å². The van der Waals surface area contributed by atoms with Gasteiger partial charge in [0.15, 0.2) is 5.13 Å². The van der Waals surface area contributed by atoms with Crippen molar-refractivity contribution in [2.75, 3.05) is 57.3 Å². The smallest absolute Gasteiger partial charge is 0.251 e. The van der Waals surface area contributed by atoms with Crippen LogP contribution in [0.25, 0.3) is 10.2 Å². The predicted octanol–water partition coefficient (Wildman–Crippen LogP) is 3.28. The van der Waals surface area contributed by atoms with Crippen LogP contribution < -0.4 is 10.2 Å². The third kappa shape index (κ3) is 6.77. The molecule has 0 aliphatic carbocycles. The Morgan fingerprint density at radius 2 is 1.62 bits per heavy atom. The Kier molecular flexibility index (Phi) is 9.71. The Labute approximate surface area is 239 Å².